The third-order valence-electron chi connectivity index (χ3n) is 3.61. The highest BCUT2D eigenvalue weighted by Crippen LogP contribution is 2.37. The maximum Gasteiger partial charge on any atom is 0.304 e. The molecule has 0 heterocycles. The van der Waals surface area contributed by atoms with E-state index in [1.54, 1.807) is 24.3 Å². The summed E-state index contributed by atoms with van der Waals surface area (Å²) in [7, 11) is -4.28. The second-order valence-electron chi connectivity index (χ2n) is 5.00. The number of hydrogen-bond donors (Lipinski definition) is 2. The zero-order chi connectivity index (χ0) is 15.2. The highest BCUT2D eigenvalue weighted by molar-refractivity contribution is 7.85. The number of hydrogen-bond acceptors (Lipinski definition) is 3. The smallest absolute Gasteiger partial charge is 0.304 e. The fraction of sp³-hybridized carbons (Fsp3) is 0.133. The van der Waals surface area contributed by atoms with Gasteiger partial charge in [0.1, 0.15) is 0 Å². The molecule has 1 atom stereocenters. The van der Waals surface area contributed by atoms with Crippen LogP contribution in [0.4, 0.5) is 0 Å². The number of rotatable bonds is 3. The Morgan fingerprint density at radius 3 is 2.67 bits per heavy atom. The van der Waals surface area contributed by atoms with Crippen molar-refractivity contribution in [1.29, 1.82) is 0 Å². The molecule has 0 spiro atoms. The van der Waals surface area contributed by atoms with E-state index < -0.39 is 16.1 Å². The van der Waals surface area contributed by atoms with Gasteiger partial charge in [-0.15, -0.1) is 0 Å². The first-order valence-corrected chi connectivity index (χ1v) is 7.74. The van der Waals surface area contributed by atoms with Crippen LogP contribution in [0.3, 0.4) is 0 Å². The Labute approximate surface area is 121 Å². The van der Waals surface area contributed by atoms with Crippen molar-refractivity contribution >= 4 is 32.9 Å². The summed E-state index contributed by atoms with van der Waals surface area (Å²) in [6, 6.07) is 8.14. The van der Waals surface area contributed by atoms with E-state index in [1.165, 1.54) is 12.1 Å². The summed E-state index contributed by atoms with van der Waals surface area (Å²) in [6.07, 6.45) is 3.44. The van der Waals surface area contributed by atoms with Crippen molar-refractivity contribution in [2.24, 2.45) is 0 Å². The quantitative estimate of drug-likeness (QED) is 0.851. The molecule has 2 aromatic rings. The molecule has 0 aliphatic heterocycles. The van der Waals surface area contributed by atoms with Crippen molar-refractivity contribution in [1.82, 2.24) is 0 Å². The van der Waals surface area contributed by atoms with Crippen LogP contribution in [-0.4, -0.2) is 24.0 Å². The fourth-order valence-electron chi connectivity index (χ4n) is 2.74. The minimum Gasteiger partial charge on any atom is -0.481 e. The van der Waals surface area contributed by atoms with Gasteiger partial charge in [0.15, 0.2) is 0 Å². The lowest BCUT2D eigenvalue weighted by molar-refractivity contribution is -0.137. The van der Waals surface area contributed by atoms with Crippen LogP contribution in [0.15, 0.2) is 41.3 Å². The van der Waals surface area contributed by atoms with E-state index in [2.05, 4.69) is 0 Å². The van der Waals surface area contributed by atoms with Crippen LogP contribution < -0.4 is 0 Å². The number of allylic oxidation sites excluding steroid dienone is 1. The molecule has 1 aliphatic rings. The number of carboxylic acid groups (broad SMARTS) is 1. The molecule has 0 saturated carbocycles. The van der Waals surface area contributed by atoms with Crippen LogP contribution in [-0.2, 0) is 14.9 Å². The van der Waals surface area contributed by atoms with E-state index in [9.17, 15) is 17.8 Å². The Kier molecular flexibility index (Phi) is 3.07. The van der Waals surface area contributed by atoms with Crippen molar-refractivity contribution in [2.75, 3.05) is 0 Å². The molecule has 0 aromatic heterocycles. The Bertz CT molecular complexity index is 880. The Morgan fingerprint density at radius 1 is 1.24 bits per heavy atom. The minimum atomic E-state index is -4.28. The maximum atomic E-state index is 11.3. The lowest BCUT2D eigenvalue weighted by atomic mass is 9.84. The first kappa shape index (κ1) is 13.8. The molecule has 0 fully saturated rings. The average molecular weight is 304 g/mol. The molecular weight excluding hydrogens is 292 g/mol. The van der Waals surface area contributed by atoms with E-state index in [0.717, 1.165) is 10.9 Å². The van der Waals surface area contributed by atoms with Gasteiger partial charge < -0.3 is 5.11 Å². The molecular formula is C15H12O5S. The van der Waals surface area contributed by atoms with E-state index >= 15 is 0 Å². The third kappa shape index (κ3) is 2.43. The maximum absolute atomic E-state index is 11.3. The van der Waals surface area contributed by atoms with Crippen LogP contribution in [0.5, 0.6) is 0 Å². The molecule has 0 bridgehead atoms. The lowest BCUT2D eigenvalue weighted by Crippen LogP contribution is -2.08. The predicted molar refractivity (Wildman–Crippen MR) is 77.8 cm³/mol. The number of carbonyl (C=O) groups is 1. The second-order valence-corrected chi connectivity index (χ2v) is 6.42. The number of aliphatic carboxylic acids is 1. The van der Waals surface area contributed by atoms with Crippen LogP contribution in [0.2, 0.25) is 0 Å². The van der Waals surface area contributed by atoms with Gasteiger partial charge in [0.25, 0.3) is 10.1 Å². The summed E-state index contributed by atoms with van der Waals surface area (Å²) in [5, 5.41) is 10.5. The number of carboxylic acids is 1. The predicted octanol–water partition coefficient (Wildman–Crippen LogP) is 2.67. The van der Waals surface area contributed by atoms with Crippen molar-refractivity contribution < 1.29 is 22.9 Å². The van der Waals surface area contributed by atoms with E-state index in [-0.39, 0.29) is 17.2 Å². The topological polar surface area (TPSA) is 91.7 Å². The summed E-state index contributed by atoms with van der Waals surface area (Å²) in [5.74, 6) is -1.13. The second kappa shape index (κ2) is 4.68. The van der Waals surface area contributed by atoms with Crippen LogP contribution in [0.25, 0.3) is 16.8 Å². The molecule has 6 heteroatoms. The van der Waals surface area contributed by atoms with Gasteiger partial charge in [0.05, 0.1) is 11.3 Å². The van der Waals surface area contributed by atoms with Gasteiger partial charge in [0.2, 0.25) is 0 Å². The molecule has 0 amide bonds. The third-order valence-corrected chi connectivity index (χ3v) is 4.44. The fourth-order valence-corrected chi connectivity index (χ4v) is 3.29. The SMILES string of the molecule is O=C(O)CC1C=Cc2cc(S(=O)(=O)O)cc3cccc1c23. The summed E-state index contributed by atoms with van der Waals surface area (Å²) in [5.41, 5.74) is 1.52. The van der Waals surface area contributed by atoms with E-state index in [4.69, 9.17) is 5.11 Å². The van der Waals surface area contributed by atoms with Crippen molar-refractivity contribution in [3.05, 3.63) is 47.5 Å². The molecule has 0 saturated heterocycles. The lowest BCUT2D eigenvalue weighted by Gasteiger charge is -2.20. The van der Waals surface area contributed by atoms with Crippen LogP contribution >= 0.6 is 0 Å². The first-order valence-electron chi connectivity index (χ1n) is 6.30. The van der Waals surface area contributed by atoms with Gasteiger partial charge in [-0.3, -0.25) is 9.35 Å². The largest absolute Gasteiger partial charge is 0.481 e. The first-order chi connectivity index (χ1) is 9.86. The summed E-state index contributed by atoms with van der Waals surface area (Å²) in [4.78, 5) is 10.8. The summed E-state index contributed by atoms with van der Waals surface area (Å²) < 4.78 is 31.8. The Morgan fingerprint density at radius 2 is 2.00 bits per heavy atom. The zero-order valence-corrected chi connectivity index (χ0v) is 11.7. The van der Waals surface area contributed by atoms with Crippen molar-refractivity contribution in [2.45, 2.75) is 17.2 Å². The van der Waals surface area contributed by atoms with Gasteiger partial charge in [-0.05, 0) is 34.0 Å². The standard InChI is InChI=1S/C15H12O5S/c16-14(17)8-9-4-5-11-7-12(21(18,19)20)6-10-2-1-3-13(9)15(10)11/h1-7,9H,8H2,(H,16,17)(H,18,19,20). The molecule has 2 aromatic carbocycles. The monoisotopic (exact) mass is 304 g/mol. The molecule has 5 nitrogen and oxygen atoms in total. The van der Waals surface area contributed by atoms with Crippen LogP contribution in [0.1, 0.15) is 23.5 Å². The normalized spacial score (nSPS) is 17.1. The van der Waals surface area contributed by atoms with Crippen LogP contribution in [0, 0.1) is 0 Å². The molecule has 1 unspecified atom stereocenters. The van der Waals surface area contributed by atoms with E-state index in [1.807, 2.05) is 6.07 Å². The Balaban J connectivity index is 2.27. The summed E-state index contributed by atoms with van der Waals surface area (Å²) in [6.45, 7) is 0. The van der Waals surface area contributed by atoms with Crippen molar-refractivity contribution in [3.8, 4) is 0 Å². The molecule has 108 valence electrons. The molecule has 1 aliphatic carbocycles. The van der Waals surface area contributed by atoms with Gasteiger partial charge in [-0.2, -0.15) is 8.42 Å². The van der Waals surface area contributed by atoms with Gasteiger partial charge in [0, 0.05) is 5.92 Å². The molecule has 21 heavy (non-hydrogen) atoms. The van der Waals surface area contributed by atoms with Gasteiger partial charge in [-0.25, -0.2) is 0 Å². The van der Waals surface area contributed by atoms with Crippen molar-refractivity contribution in [3.63, 3.8) is 0 Å². The number of benzene rings is 2. The molecule has 3 rings (SSSR count). The Hall–Kier alpha value is -2.18. The molecule has 0 radical (unpaired) electrons. The van der Waals surface area contributed by atoms with E-state index in [0.29, 0.717) is 10.9 Å². The average Bonchev–Trinajstić information content (AvgIpc) is 2.40. The highest BCUT2D eigenvalue weighted by Gasteiger charge is 2.22. The molecule has 2 N–H and O–H groups in total. The van der Waals surface area contributed by atoms with Gasteiger partial charge >= 0.3 is 5.97 Å². The zero-order valence-electron chi connectivity index (χ0n) is 10.9. The van der Waals surface area contributed by atoms with Gasteiger partial charge in [-0.1, -0.05) is 30.4 Å². The minimum absolute atomic E-state index is 0.0187. The highest BCUT2D eigenvalue weighted by atomic mass is 32.2. The summed E-state index contributed by atoms with van der Waals surface area (Å²) >= 11 is 0.